The monoisotopic (exact) mass is 347 g/mol. The highest BCUT2D eigenvalue weighted by molar-refractivity contribution is 5.88. The molecule has 0 bridgehead atoms. The zero-order valence-corrected chi connectivity index (χ0v) is 14.5. The van der Waals surface area contributed by atoms with Crippen molar-refractivity contribution in [1.82, 2.24) is 9.97 Å². The fraction of sp³-hybridized carbons (Fsp3) is 0.333. The van der Waals surface area contributed by atoms with Crippen molar-refractivity contribution in [1.29, 1.82) is 0 Å². The Morgan fingerprint density at radius 3 is 2.77 bits per heavy atom. The molecule has 5 rings (SSSR count). The predicted octanol–water partition coefficient (Wildman–Crippen LogP) is 4.11. The van der Waals surface area contributed by atoms with Crippen LogP contribution in [0.5, 0.6) is 5.75 Å². The Bertz CT molecular complexity index is 932. The van der Waals surface area contributed by atoms with Crippen LogP contribution in [0.15, 0.2) is 54.9 Å². The van der Waals surface area contributed by atoms with Gasteiger partial charge in [0.25, 0.3) is 0 Å². The summed E-state index contributed by atoms with van der Waals surface area (Å²) in [4.78, 5) is 9.03. The predicted molar refractivity (Wildman–Crippen MR) is 100 cm³/mol. The molecule has 4 heterocycles. The first-order chi connectivity index (χ1) is 12.8. The van der Waals surface area contributed by atoms with E-state index >= 15 is 0 Å². The van der Waals surface area contributed by atoms with E-state index in [-0.39, 0.29) is 11.6 Å². The second-order valence-corrected chi connectivity index (χ2v) is 7.07. The third-order valence-corrected chi connectivity index (χ3v) is 5.44. The number of nitrogens with one attached hydrogen (secondary N) is 1. The number of hydrogen-bond donors (Lipinski definition) is 1. The van der Waals surface area contributed by atoms with Gasteiger partial charge in [-0.25, -0.2) is 4.98 Å². The van der Waals surface area contributed by atoms with E-state index in [1.165, 1.54) is 5.56 Å². The van der Waals surface area contributed by atoms with Gasteiger partial charge in [-0.05, 0) is 24.3 Å². The van der Waals surface area contributed by atoms with E-state index in [4.69, 9.17) is 9.47 Å². The molecule has 2 aliphatic rings. The van der Waals surface area contributed by atoms with E-state index in [0.29, 0.717) is 0 Å². The van der Waals surface area contributed by atoms with Crippen LogP contribution in [0.2, 0.25) is 0 Å². The lowest BCUT2D eigenvalue weighted by molar-refractivity contribution is -0.0608. The first-order valence-corrected chi connectivity index (χ1v) is 9.15. The van der Waals surface area contributed by atoms with Crippen molar-refractivity contribution in [2.24, 2.45) is 0 Å². The summed E-state index contributed by atoms with van der Waals surface area (Å²) in [6.45, 7) is 1.51. The average molecular weight is 347 g/mol. The minimum atomic E-state index is -0.160. The van der Waals surface area contributed by atoms with Crippen LogP contribution < -0.4 is 10.1 Å². The summed E-state index contributed by atoms with van der Waals surface area (Å²) in [5.41, 5.74) is 1.98. The fourth-order valence-corrected chi connectivity index (χ4v) is 4.08. The van der Waals surface area contributed by atoms with E-state index in [2.05, 4.69) is 39.6 Å². The van der Waals surface area contributed by atoms with Crippen LogP contribution in [-0.4, -0.2) is 28.8 Å². The van der Waals surface area contributed by atoms with Gasteiger partial charge < -0.3 is 14.8 Å². The van der Waals surface area contributed by atoms with Crippen molar-refractivity contribution in [3.63, 3.8) is 0 Å². The molecule has 1 saturated heterocycles. The van der Waals surface area contributed by atoms with Crippen LogP contribution in [-0.2, 0) is 4.74 Å². The number of fused-ring (bicyclic) bond motifs is 2. The van der Waals surface area contributed by atoms with Gasteiger partial charge in [0.05, 0.1) is 24.8 Å². The Labute approximate surface area is 152 Å². The Kier molecular flexibility index (Phi) is 3.75. The van der Waals surface area contributed by atoms with Crippen LogP contribution in [0.3, 0.4) is 0 Å². The number of anilines is 1. The Balaban J connectivity index is 1.54. The van der Waals surface area contributed by atoms with Crippen molar-refractivity contribution in [3.8, 4) is 5.75 Å². The maximum Gasteiger partial charge on any atom is 0.135 e. The van der Waals surface area contributed by atoms with Gasteiger partial charge in [-0.2, -0.15) is 0 Å². The van der Waals surface area contributed by atoms with E-state index in [9.17, 15) is 0 Å². The molecule has 2 aromatic heterocycles. The van der Waals surface area contributed by atoms with Crippen LogP contribution in [0.1, 0.15) is 30.9 Å². The molecule has 2 aliphatic heterocycles. The Morgan fingerprint density at radius 2 is 1.85 bits per heavy atom. The lowest BCUT2D eigenvalue weighted by atomic mass is 9.82. The number of pyridine rings is 2. The molecule has 0 saturated carbocycles. The maximum absolute atomic E-state index is 6.46. The highest BCUT2D eigenvalue weighted by Gasteiger charge is 2.42. The zero-order chi connectivity index (χ0) is 17.4. The highest BCUT2D eigenvalue weighted by atomic mass is 16.5. The molecule has 132 valence electrons. The van der Waals surface area contributed by atoms with Gasteiger partial charge in [0.1, 0.15) is 17.2 Å². The van der Waals surface area contributed by atoms with Crippen LogP contribution >= 0.6 is 0 Å². The molecule has 5 nitrogen and oxygen atoms in total. The van der Waals surface area contributed by atoms with Crippen molar-refractivity contribution in [2.45, 2.75) is 30.9 Å². The molecule has 0 radical (unpaired) electrons. The first-order valence-electron chi connectivity index (χ1n) is 9.15. The molecule has 5 heteroatoms. The number of nitrogens with zero attached hydrogens (tertiary/aromatic N) is 2. The summed E-state index contributed by atoms with van der Waals surface area (Å²) in [7, 11) is 0. The minimum Gasteiger partial charge on any atom is -0.487 e. The molecule has 3 aromatic rings. The molecule has 0 aliphatic carbocycles. The number of aromatic nitrogens is 2. The Morgan fingerprint density at radius 1 is 0.962 bits per heavy atom. The lowest BCUT2D eigenvalue weighted by Crippen LogP contribution is -2.46. The average Bonchev–Trinajstić information content (AvgIpc) is 2.69. The van der Waals surface area contributed by atoms with Crippen molar-refractivity contribution >= 4 is 16.7 Å². The van der Waals surface area contributed by atoms with Gasteiger partial charge in [-0.3, -0.25) is 4.98 Å². The quantitative estimate of drug-likeness (QED) is 0.756. The summed E-state index contributed by atoms with van der Waals surface area (Å²) in [6, 6.07) is 14.4. The van der Waals surface area contributed by atoms with E-state index in [0.717, 1.165) is 54.9 Å². The molecule has 26 heavy (non-hydrogen) atoms. The molecular weight excluding hydrogens is 326 g/mol. The molecule has 1 aromatic carbocycles. The zero-order valence-electron chi connectivity index (χ0n) is 14.5. The Hall–Kier alpha value is -2.66. The largest absolute Gasteiger partial charge is 0.487 e. The van der Waals surface area contributed by atoms with E-state index < -0.39 is 0 Å². The number of ether oxygens (including phenoxy) is 2. The van der Waals surface area contributed by atoms with E-state index in [1.54, 1.807) is 0 Å². The van der Waals surface area contributed by atoms with Gasteiger partial charge in [0, 0.05) is 42.6 Å². The van der Waals surface area contributed by atoms with Crippen LogP contribution in [0.25, 0.3) is 10.9 Å². The molecular formula is C21H21N3O2. The number of benzene rings is 1. The van der Waals surface area contributed by atoms with Gasteiger partial charge in [-0.1, -0.05) is 18.2 Å². The first kappa shape index (κ1) is 15.6. The topological polar surface area (TPSA) is 56.3 Å². The fourth-order valence-electron chi connectivity index (χ4n) is 4.08. The highest BCUT2D eigenvalue weighted by Crippen LogP contribution is 2.45. The second kappa shape index (κ2) is 6.25. The summed E-state index contributed by atoms with van der Waals surface area (Å²) in [6.07, 6.45) is 6.37. The molecule has 1 atom stereocenters. The van der Waals surface area contributed by atoms with Gasteiger partial charge in [0.2, 0.25) is 0 Å². The molecule has 1 spiro atoms. The van der Waals surface area contributed by atoms with Crippen molar-refractivity contribution in [2.75, 3.05) is 18.5 Å². The molecule has 1 fully saturated rings. The summed E-state index contributed by atoms with van der Waals surface area (Å²) < 4.78 is 12.0. The normalized spacial score (nSPS) is 21.2. The smallest absolute Gasteiger partial charge is 0.135 e. The summed E-state index contributed by atoms with van der Waals surface area (Å²) in [5.74, 6) is 1.84. The lowest BCUT2D eigenvalue weighted by Gasteiger charge is -2.44. The van der Waals surface area contributed by atoms with Crippen LogP contribution in [0.4, 0.5) is 5.82 Å². The SMILES string of the molecule is c1ccc2c(c1)OC1(CCOCC1)CC2Nc1nccc2ncccc12. The van der Waals surface area contributed by atoms with Gasteiger partial charge in [-0.15, -0.1) is 0 Å². The van der Waals surface area contributed by atoms with Crippen molar-refractivity contribution < 1.29 is 9.47 Å². The summed E-state index contributed by atoms with van der Waals surface area (Å²) >= 11 is 0. The third kappa shape index (κ3) is 2.69. The van der Waals surface area contributed by atoms with Gasteiger partial charge >= 0.3 is 0 Å². The van der Waals surface area contributed by atoms with Crippen LogP contribution in [0, 0.1) is 0 Å². The molecule has 1 N–H and O–H groups in total. The van der Waals surface area contributed by atoms with Gasteiger partial charge in [0.15, 0.2) is 0 Å². The minimum absolute atomic E-state index is 0.149. The molecule has 0 amide bonds. The standard InChI is InChI=1S/C21H21N3O2/c1-2-6-19-15(4-1)18(14-21(26-19)8-12-25-13-9-21)24-20-16-5-3-10-22-17(16)7-11-23-20/h1-7,10-11,18H,8-9,12-14H2,(H,23,24). The summed E-state index contributed by atoms with van der Waals surface area (Å²) in [5, 5.41) is 4.72. The van der Waals surface area contributed by atoms with Crippen molar-refractivity contribution in [3.05, 3.63) is 60.4 Å². The maximum atomic E-state index is 6.46. The number of hydrogen-bond acceptors (Lipinski definition) is 5. The third-order valence-electron chi connectivity index (χ3n) is 5.44. The van der Waals surface area contributed by atoms with E-state index in [1.807, 2.05) is 30.6 Å². The second-order valence-electron chi connectivity index (χ2n) is 7.07. The number of rotatable bonds is 2. The molecule has 1 unspecified atom stereocenters. The number of para-hydroxylation sites is 1.